The highest BCUT2D eigenvalue weighted by molar-refractivity contribution is 7.16. The number of aryl methyl sites for hydroxylation is 2. The van der Waals surface area contributed by atoms with Crippen LogP contribution >= 0.6 is 22.7 Å². The van der Waals surface area contributed by atoms with E-state index in [0.29, 0.717) is 31.1 Å². The number of hydrogen-bond donors (Lipinski definition) is 1. The Hall–Kier alpha value is -2.91. The normalized spacial score (nSPS) is 10.9. The van der Waals surface area contributed by atoms with Crippen LogP contribution in [0.4, 0.5) is 0 Å². The smallest absolute Gasteiger partial charge is 0.227 e. The van der Waals surface area contributed by atoms with E-state index in [4.69, 9.17) is 4.52 Å². The van der Waals surface area contributed by atoms with E-state index in [1.165, 1.54) is 4.88 Å². The number of rotatable bonds is 8. The molecule has 0 unspecified atom stereocenters. The number of nitrogens with zero attached hydrogens (tertiary/aromatic N) is 4. The van der Waals surface area contributed by atoms with Crippen LogP contribution in [0.15, 0.2) is 46.6 Å². The van der Waals surface area contributed by atoms with Crippen LogP contribution in [0.2, 0.25) is 0 Å². The number of aromatic nitrogens is 4. The summed E-state index contributed by atoms with van der Waals surface area (Å²) >= 11 is 3.37. The molecule has 0 aromatic carbocycles. The topological polar surface area (TPSA) is 93.8 Å². The first-order valence-corrected chi connectivity index (χ1v) is 10.9. The first-order chi connectivity index (χ1) is 14.2. The van der Waals surface area contributed by atoms with Gasteiger partial charge in [-0.15, -0.1) is 22.7 Å². The van der Waals surface area contributed by atoms with Gasteiger partial charge in [0, 0.05) is 47.6 Å². The summed E-state index contributed by atoms with van der Waals surface area (Å²) in [6, 6.07) is 7.81. The van der Waals surface area contributed by atoms with Gasteiger partial charge in [0.25, 0.3) is 0 Å². The molecule has 1 N–H and O–H groups in total. The highest BCUT2D eigenvalue weighted by Gasteiger charge is 2.11. The summed E-state index contributed by atoms with van der Waals surface area (Å²) in [5.74, 6) is 0.931. The van der Waals surface area contributed by atoms with Gasteiger partial charge in [-0.1, -0.05) is 5.16 Å². The SMILES string of the molecule is Cc1nc(-c2ccc(CCNC(=O)CCc3nc(-c4ccncc4)no3)s2)cs1. The molecular weight excluding hydrogens is 406 g/mol. The molecule has 0 saturated carbocycles. The van der Waals surface area contributed by atoms with Crippen molar-refractivity contribution < 1.29 is 9.32 Å². The van der Waals surface area contributed by atoms with Crippen molar-refractivity contribution in [2.45, 2.75) is 26.2 Å². The second kappa shape index (κ2) is 9.06. The lowest BCUT2D eigenvalue weighted by molar-refractivity contribution is -0.121. The zero-order valence-corrected chi connectivity index (χ0v) is 17.4. The number of carbonyl (C=O) groups is 1. The molecule has 9 heteroatoms. The van der Waals surface area contributed by atoms with Gasteiger partial charge in [0.2, 0.25) is 17.6 Å². The van der Waals surface area contributed by atoms with Gasteiger partial charge in [-0.05, 0) is 37.6 Å². The third-order valence-corrected chi connectivity index (χ3v) is 6.14. The molecule has 0 aliphatic carbocycles. The van der Waals surface area contributed by atoms with Crippen molar-refractivity contribution in [3.63, 3.8) is 0 Å². The van der Waals surface area contributed by atoms with E-state index < -0.39 is 0 Å². The van der Waals surface area contributed by atoms with Crippen LogP contribution in [-0.2, 0) is 17.6 Å². The minimum atomic E-state index is -0.0273. The second-order valence-electron chi connectivity index (χ2n) is 6.37. The molecule has 148 valence electrons. The van der Waals surface area contributed by atoms with E-state index in [-0.39, 0.29) is 5.91 Å². The van der Waals surface area contributed by atoms with Gasteiger partial charge in [-0.25, -0.2) is 4.98 Å². The zero-order chi connectivity index (χ0) is 20.1. The molecule has 29 heavy (non-hydrogen) atoms. The van der Waals surface area contributed by atoms with E-state index in [0.717, 1.165) is 27.6 Å². The van der Waals surface area contributed by atoms with Gasteiger partial charge >= 0.3 is 0 Å². The van der Waals surface area contributed by atoms with Crippen LogP contribution in [0.5, 0.6) is 0 Å². The Bertz CT molecular complexity index is 1090. The van der Waals surface area contributed by atoms with E-state index in [1.54, 1.807) is 35.1 Å². The maximum Gasteiger partial charge on any atom is 0.227 e. The average Bonchev–Trinajstić information content (AvgIpc) is 3.48. The van der Waals surface area contributed by atoms with E-state index >= 15 is 0 Å². The van der Waals surface area contributed by atoms with Gasteiger partial charge in [0.05, 0.1) is 15.6 Å². The van der Waals surface area contributed by atoms with Crippen LogP contribution < -0.4 is 5.32 Å². The quantitative estimate of drug-likeness (QED) is 0.460. The summed E-state index contributed by atoms with van der Waals surface area (Å²) in [5, 5.41) is 10.0. The highest BCUT2D eigenvalue weighted by atomic mass is 32.1. The minimum Gasteiger partial charge on any atom is -0.356 e. The van der Waals surface area contributed by atoms with Crippen molar-refractivity contribution >= 4 is 28.6 Å². The molecule has 0 radical (unpaired) electrons. The Morgan fingerprint density at radius 1 is 1.14 bits per heavy atom. The minimum absolute atomic E-state index is 0.0273. The van der Waals surface area contributed by atoms with E-state index in [2.05, 4.69) is 42.9 Å². The fourth-order valence-electron chi connectivity index (χ4n) is 2.74. The first kappa shape index (κ1) is 19.4. The molecule has 7 nitrogen and oxygen atoms in total. The van der Waals surface area contributed by atoms with Gasteiger partial charge in [-0.2, -0.15) is 4.98 Å². The van der Waals surface area contributed by atoms with Gasteiger partial charge < -0.3 is 9.84 Å². The summed E-state index contributed by atoms with van der Waals surface area (Å²) in [7, 11) is 0. The molecule has 0 saturated heterocycles. The van der Waals surface area contributed by atoms with Gasteiger partial charge in [0.15, 0.2) is 0 Å². The van der Waals surface area contributed by atoms with Crippen LogP contribution in [0.3, 0.4) is 0 Å². The standard InChI is InChI=1S/C20H19N5O2S2/c1-13-23-16(12-28-13)17-3-2-15(29-17)8-11-22-18(26)4-5-19-24-20(25-27-19)14-6-9-21-10-7-14/h2-3,6-7,9-10,12H,4-5,8,11H2,1H3,(H,22,26). The number of hydrogen-bond acceptors (Lipinski definition) is 8. The van der Waals surface area contributed by atoms with E-state index in [1.807, 2.05) is 19.1 Å². The monoisotopic (exact) mass is 425 g/mol. The lowest BCUT2D eigenvalue weighted by atomic mass is 10.2. The fourth-order valence-corrected chi connectivity index (χ4v) is 4.39. The third kappa shape index (κ3) is 5.12. The van der Waals surface area contributed by atoms with Crippen molar-refractivity contribution in [3.8, 4) is 22.0 Å². The molecule has 0 fully saturated rings. The number of thiazole rings is 1. The Morgan fingerprint density at radius 2 is 2.00 bits per heavy atom. The van der Waals surface area contributed by atoms with Gasteiger partial charge in [0.1, 0.15) is 0 Å². The van der Waals surface area contributed by atoms with E-state index in [9.17, 15) is 4.79 Å². The highest BCUT2D eigenvalue weighted by Crippen LogP contribution is 2.29. The maximum absolute atomic E-state index is 12.1. The fraction of sp³-hybridized carbons (Fsp3) is 0.250. The molecule has 4 aromatic heterocycles. The van der Waals surface area contributed by atoms with Gasteiger partial charge in [-0.3, -0.25) is 9.78 Å². The summed E-state index contributed by atoms with van der Waals surface area (Å²) < 4.78 is 5.22. The second-order valence-corrected chi connectivity index (χ2v) is 8.60. The van der Waals surface area contributed by atoms with Crippen molar-refractivity contribution in [1.82, 2.24) is 25.4 Å². The Labute approximate surface area is 175 Å². The predicted molar refractivity (Wildman–Crippen MR) is 113 cm³/mol. The van der Waals surface area contributed by atoms with Crippen LogP contribution in [-0.4, -0.2) is 32.6 Å². The van der Waals surface area contributed by atoms with Crippen LogP contribution in [0.25, 0.3) is 22.0 Å². The van der Waals surface area contributed by atoms with Crippen LogP contribution in [0.1, 0.15) is 22.2 Å². The molecule has 0 bridgehead atoms. The maximum atomic E-state index is 12.1. The predicted octanol–water partition coefficient (Wildman–Crippen LogP) is 3.92. The summed E-state index contributed by atoms with van der Waals surface area (Å²) in [6.45, 7) is 2.60. The van der Waals surface area contributed by atoms with Crippen LogP contribution in [0, 0.1) is 6.92 Å². The Kier molecular flexibility index (Phi) is 6.06. The molecule has 4 heterocycles. The Balaban J connectivity index is 1.21. The molecule has 4 aromatic rings. The van der Waals surface area contributed by atoms with Crippen molar-refractivity contribution in [3.05, 3.63) is 57.8 Å². The van der Waals surface area contributed by atoms with Crippen molar-refractivity contribution in [2.75, 3.05) is 6.54 Å². The number of thiophene rings is 1. The molecule has 4 rings (SSSR count). The number of carbonyl (C=O) groups excluding carboxylic acids is 1. The lowest BCUT2D eigenvalue weighted by Crippen LogP contribution is -2.25. The third-order valence-electron chi connectivity index (χ3n) is 4.20. The average molecular weight is 426 g/mol. The summed E-state index contributed by atoms with van der Waals surface area (Å²) in [5.41, 5.74) is 1.86. The van der Waals surface area contributed by atoms with Crippen molar-refractivity contribution in [2.24, 2.45) is 0 Å². The molecule has 0 spiro atoms. The van der Waals surface area contributed by atoms with Crippen molar-refractivity contribution in [1.29, 1.82) is 0 Å². The molecular formula is C20H19N5O2S2. The Morgan fingerprint density at radius 3 is 2.79 bits per heavy atom. The first-order valence-electron chi connectivity index (χ1n) is 9.18. The zero-order valence-electron chi connectivity index (χ0n) is 15.8. The lowest BCUT2D eigenvalue weighted by Gasteiger charge is -2.02. The summed E-state index contributed by atoms with van der Waals surface area (Å²) in [6.07, 6.45) is 4.87. The molecule has 0 atom stereocenters. The molecule has 0 aliphatic heterocycles. The molecule has 0 aliphatic rings. The largest absolute Gasteiger partial charge is 0.356 e. The number of amides is 1. The summed E-state index contributed by atoms with van der Waals surface area (Å²) in [4.78, 5) is 27.3. The number of pyridine rings is 1. The number of nitrogens with one attached hydrogen (secondary N) is 1. The molecule has 1 amide bonds.